The van der Waals surface area contributed by atoms with Gasteiger partial charge in [-0.1, -0.05) is 12.1 Å². The summed E-state index contributed by atoms with van der Waals surface area (Å²) in [4.78, 5) is 14.5. The minimum Gasteiger partial charge on any atom is -0.306 e. The molecule has 1 heterocycles. The van der Waals surface area contributed by atoms with E-state index in [2.05, 4.69) is 10.3 Å². The van der Waals surface area contributed by atoms with Crippen LogP contribution in [0.2, 0.25) is 0 Å². The van der Waals surface area contributed by atoms with Crippen LogP contribution in [0.1, 0.15) is 29.7 Å². The van der Waals surface area contributed by atoms with Gasteiger partial charge in [-0.3, -0.25) is 15.1 Å². The van der Waals surface area contributed by atoms with Crippen molar-refractivity contribution in [2.24, 2.45) is 0 Å². The predicted octanol–water partition coefficient (Wildman–Crippen LogP) is 3.15. The number of nitrogens with one attached hydrogen (secondary N) is 1. The van der Waals surface area contributed by atoms with Crippen LogP contribution in [-0.2, 0) is 6.54 Å². The fraction of sp³-hybridized carbons (Fsp3) is 0.267. The zero-order chi connectivity index (χ0) is 14.5. The smallest absolute Gasteiger partial charge is 0.269 e. The summed E-state index contributed by atoms with van der Waals surface area (Å²) < 4.78 is 0. The van der Waals surface area contributed by atoms with Crippen molar-refractivity contribution in [1.29, 1.82) is 0 Å². The Labute approximate surface area is 117 Å². The van der Waals surface area contributed by atoms with Crippen LogP contribution < -0.4 is 5.32 Å². The highest BCUT2D eigenvalue weighted by molar-refractivity contribution is 5.35. The van der Waals surface area contributed by atoms with E-state index >= 15 is 0 Å². The van der Waals surface area contributed by atoms with Crippen molar-refractivity contribution in [3.63, 3.8) is 0 Å². The Bertz CT molecular complexity index is 614. The SMILES string of the molecule is Cc1ccncc1CNC(C)c1cccc([N+](=O)[O-])c1. The molecule has 0 amide bonds. The lowest BCUT2D eigenvalue weighted by molar-refractivity contribution is -0.384. The summed E-state index contributed by atoms with van der Waals surface area (Å²) in [7, 11) is 0. The molecule has 5 heteroatoms. The van der Waals surface area contributed by atoms with Crippen LogP contribution in [0.25, 0.3) is 0 Å². The van der Waals surface area contributed by atoms with Crippen LogP contribution in [-0.4, -0.2) is 9.91 Å². The highest BCUT2D eigenvalue weighted by atomic mass is 16.6. The van der Waals surface area contributed by atoms with Crippen LogP contribution in [0.15, 0.2) is 42.7 Å². The molecule has 0 aliphatic carbocycles. The standard InChI is InChI=1S/C15H17N3O2/c1-11-6-7-16-9-14(11)10-17-12(2)13-4-3-5-15(8-13)18(19)20/h3-9,12,17H,10H2,1-2H3. The number of aryl methyl sites for hydroxylation is 1. The first-order valence-corrected chi connectivity index (χ1v) is 6.45. The Morgan fingerprint density at radius 1 is 1.40 bits per heavy atom. The third-order valence-corrected chi connectivity index (χ3v) is 3.33. The summed E-state index contributed by atoms with van der Waals surface area (Å²) in [5.74, 6) is 0. The number of hydrogen-bond donors (Lipinski definition) is 1. The maximum atomic E-state index is 10.8. The average Bonchev–Trinajstić information content (AvgIpc) is 2.46. The molecule has 104 valence electrons. The van der Waals surface area contributed by atoms with E-state index in [1.807, 2.05) is 32.2 Å². The summed E-state index contributed by atoms with van der Waals surface area (Å²) >= 11 is 0. The van der Waals surface area contributed by atoms with Gasteiger partial charge >= 0.3 is 0 Å². The van der Waals surface area contributed by atoms with Gasteiger partial charge in [-0.25, -0.2) is 0 Å². The molecule has 0 fully saturated rings. The van der Waals surface area contributed by atoms with Gasteiger partial charge in [-0.15, -0.1) is 0 Å². The molecule has 5 nitrogen and oxygen atoms in total. The Hall–Kier alpha value is -2.27. The fourth-order valence-corrected chi connectivity index (χ4v) is 1.97. The molecule has 0 aliphatic heterocycles. The second kappa shape index (κ2) is 6.25. The predicted molar refractivity (Wildman–Crippen MR) is 77.3 cm³/mol. The first-order valence-electron chi connectivity index (χ1n) is 6.45. The van der Waals surface area contributed by atoms with E-state index in [9.17, 15) is 10.1 Å². The lowest BCUT2D eigenvalue weighted by Gasteiger charge is -2.15. The number of pyridine rings is 1. The number of hydrogen-bond acceptors (Lipinski definition) is 4. The topological polar surface area (TPSA) is 68.1 Å². The second-order valence-electron chi connectivity index (χ2n) is 4.76. The molecular weight excluding hydrogens is 254 g/mol. The number of non-ortho nitro benzene ring substituents is 1. The van der Waals surface area contributed by atoms with Gasteiger partial charge in [0.2, 0.25) is 0 Å². The number of nitro groups is 1. The molecule has 2 rings (SSSR count). The van der Waals surface area contributed by atoms with Gasteiger partial charge in [0.15, 0.2) is 0 Å². The molecule has 1 aromatic heterocycles. The van der Waals surface area contributed by atoms with Crippen molar-refractivity contribution < 1.29 is 4.92 Å². The first kappa shape index (κ1) is 14.1. The van der Waals surface area contributed by atoms with E-state index in [1.54, 1.807) is 18.3 Å². The summed E-state index contributed by atoms with van der Waals surface area (Å²) in [5, 5.41) is 14.1. The van der Waals surface area contributed by atoms with Gasteiger partial charge in [-0.2, -0.15) is 0 Å². The molecule has 1 unspecified atom stereocenters. The molecule has 0 aliphatic rings. The Kier molecular flexibility index (Phi) is 4.42. The number of nitrogens with zero attached hydrogens (tertiary/aromatic N) is 2. The van der Waals surface area contributed by atoms with Crippen molar-refractivity contribution in [3.8, 4) is 0 Å². The Morgan fingerprint density at radius 2 is 2.20 bits per heavy atom. The summed E-state index contributed by atoms with van der Waals surface area (Å²) in [6, 6.07) is 8.71. The lowest BCUT2D eigenvalue weighted by Crippen LogP contribution is -2.18. The number of benzene rings is 1. The van der Waals surface area contributed by atoms with Crippen LogP contribution in [0.4, 0.5) is 5.69 Å². The molecule has 2 aromatic rings. The number of nitro benzene ring substituents is 1. The second-order valence-corrected chi connectivity index (χ2v) is 4.76. The van der Waals surface area contributed by atoms with Gasteiger partial charge in [0.25, 0.3) is 5.69 Å². The summed E-state index contributed by atoms with van der Waals surface area (Å²) in [6.45, 7) is 4.71. The normalized spacial score (nSPS) is 12.1. The third-order valence-electron chi connectivity index (χ3n) is 3.33. The molecular formula is C15H17N3O2. The van der Waals surface area contributed by atoms with E-state index in [0.29, 0.717) is 6.54 Å². The number of aromatic nitrogens is 1. The largest absolute Gasteiger partial charge is 0.306 e. The van der Waals surface area contributed by atoms with Gasteiger partial charge in [0.1, 0.15) is 0 Å². The highest BCUT2D eigenvalue weighted by Crippen LogP contribution is 2.19. The van der Waals surface area contributed by atoms with Gasteiger partial charge in [0, 0.05) is 37.1 Å². The fourth-order valence-electron chi connectivity index (χ4n) is 1.97. The van der Waals surface area contributed by atoms with Crippen molar-refractivity contribution in [1.82, 2.24) is 10.3 Å². The van der Waals surface area contributed by atoms with Crippen LogP contribution >= 0.6 is 0 Å². The summed E-state index contributed by atoms with van der Waals surface area (Å²) in [5.41, 5.74) is 3.33. The molecule has 20 heavy (non-hydrogen) atoms. The van der Waals surface area contributed by atoms with E-state index in [4.69, 9.17) is 0 Å². The van der Waals surface area contributed by atoms with Crippen molar-refractivity contribution in [2.45, 2.75) is 26.4 Å². The van der Waals surface area contributed by atoms with E-state index < -0.39 is 0 Å². The Balaban J connectivity index is 2.05. The average molecular weight is 271 g/mol. The van der Waals surface area contributed by atoms with Gasteiger partial charge in [0.05, 0.1) is 4.92 Å². The minimum atomic E-state index is -0.374. The first-order chi connectivity index (χ1) is 9.58. The molecule has 1 aromatic carbocycles. The van der Waals surface area contributed by atoms with Crippen LogP contribution in [0.5, 0.6) is 0 Å². The quantitative estimate of drug-likeness (QED) is 0.670. The molecule has 0 saturated heterocycles. The van der Waals surface area contributed by atoms with Gasteiger partial charge in [-0.05, 0) is 36.6 Å². The van der Waals surface area contributed by atoms with Gasteiger partial charge < -0.3 is 5.32 Å². The lowest BCUT2D eigenvalue weighted by atomic mass is 10.1. The van der Waals surface area contributed by atoms with Crippen molar-refractivity contribution in [2.75, 3.05) is 0 Å². The third kappa shape index (κ3) is 3.39. The van der Waals surface area contributed by atoms with Crippen LogP contribution in [0, 0.1) is 17.0 Å². The minimum absolute atomic E-state index is 0.0366. The van der Waals surface area contributed by atoms with E-state index in [1.165, 1.54) is 11.6 Å². The number of rotatable bonds is 5. The zero-order valence-corrected chi connectivity index (χ0v) is 11.5. The monoisotopic (exact) mass is 271 g/mol. The highest BCUT2D eigenvalue weighted by Gasteiger charge is 2.10. The molecule has 0 saturated carbocycles. The molecule has 1 atom stereocenters. The summed E-state index contributed by atoms with van der Waals surface area (Å²) in [6.07, 6.45) is 3.60. The Morgan fingerprint density at radius 3 is 2.90 bits per heavy atom. The molecule has 0 spiro atoms. The maximum Gasteiger partial charge on any atom is 0.269 e. The maximum absolute atomic E-state index is 10.8. The van der Waals surface area contributed by atoms with E-state index in [0.717, 1.165) is 11.1 Å². The van der Waals surface area contributed by atoms with Crippen LogP contribution in [0.3, 0.4) is 0 Å². The molecule has 1 N–H and O–H groups in total. The molecule has 0 bridgehead atoms. The van der Waals surface area contributed by atoms with E-state index in [-0.39, 0.29) is 16.7 Å². The zero-order valence-electron chi connectivity index (χ0n) is 11.5. The molecule has 0 radical (unpaired) electrons. The van der Waals surface area contributed by atoms with Crippen molar-refractivity contribution in [3.05, 3.63) is 69.5 Å². The van der Waals surface area contributed by atoms with Crippen molar-refractivity contribution >= 4 is 5.69 Å².